The lowest BCUT2D eigenvalue weighted by Gasteiger charge is -2.39. The molecule has 1 saturated carbocycles. The molecule has 1 N–H and O–H groups in total. The second-order valence-electron chi connectivity index (χ2n) is 14.3. The van der Waals surface area contributed by atoms with Crippen molar-refractivity contribution in [2.75, 3.05) is 0 Å². The lowest BCUT2D eigenvalue weighted by molar-refractivity contribution is -0.147. The Kier molecular flexibility index (Phi) is 9.87. The maximum atomic E-state index is 12.5. The van der Waals surface area contributed by atoms with Crippen LogP contribution >= 0.6 is 0 Å². The average molecular weight is 613 g/mol. The maximum Gasteiger partial charge on any atom is 0.343 e. The highest BCUT2D eigenvalue weighted by Crippen LogP contribution is 2.66. The minimum atomic E-state index is -0.498. The highest BCUT2D eigenvalue weighted by molar-refractivity contribution is 5.95. The second kappa shape index (κ2) is 13.0. The molecule has 6 heteroatoms. The molecule has 0 bridgehead atoms. The first kappa shape index (κ1) is 34.2. The number of aliphatic hydroxyl groups excluding tert-OH is 1. The normalized spacial score (nSPS) is 32.1. The van der Waals surface area contributed by atoms with Gasteiger partial charge in [0.25, 0.3) is 0 Å². The molecule has 6 nitrogen and oxygen atoms in total. The van der Waals surface area contributed by atoms with Crippen LogP contribution in [0, 0.1) is 22.7 Å². The smallest absolute Gasteiger partial charge is 0.343 e. The summed E-state index contributed by atoms with van der Waals surface area (Å²) in [4.78, 5) is 23.9. The minimum Gasteiger partial charge on any atom is -0.462 e. The van der Waals surface area contributed by atoms with Crippen LogP contribution in [-0.4, -0.2) is 40.5 Å². The molecular weight excluding hydrogens is 564 g/mol. The van der Waals surface area contributed by atoms with Crippen molar-refractivity contribution in [1.29, 1.82) is 0 Å². The summed E-state index contributed by atoms with van der Waals surface area (Å²) in [5.41, 5.74) is 3.36. The fourth-order valence-corrected chi connectivity index (χ4v) is 7.25. The highest BCUT2D eigenvalue weighted by Gasteiger charge is 2.74. The van der Waals surface area contributed by atoms with Crippen molar-refractivity contribution in [3.63, 3.8) is 0 Å². The maximum absolute atomic E-state index is 12.5. The Bertz CT molecular complexity index is 1540. The predicted octanol–water partition coefficient (Wildman–Crippen LogP) is 7.69. The SMILES string of the molecule is CC(=O)O[C@@H]1CC(C)=C(C#C/C(C)=C/C=C/C=C/C=C(C)/C=C2C=C(/C=C/[C@@]34O[C@]3(C)C[C@@H](O)CC4(C)C)C(=O)O\2)C(C)(C)C1. The Hall–Kier alpha value is -3.66. The van der Waals surface area contributed by atoms with E-state index in [1.807, 2.05) is 69.4 Å². The van der Waals surface area contributed by atoms with Gasteiger partial charge in [-0.1, -0.05) is 81.6 Å². The number of ether oxygens (including phenoxy) is 3. The van der Waals surface area contributed by atoms with Crippen LogP contribution in [0.25, 0.3) is 0 Å². The lowest BCUT2D eigenvalue weighted by atomic mass is 9.63. The van der Waals surface area contributed by atoms with Crippen LogP contribution in [0.4, 0.5) is 0 Å². The molecule has 2 aliphatic carbocycles. The summed E-state index contributed by atoms with van der Waals surface area (Å²) < 4.78 is 17.1. The van der Waals surface area contributed by atoms with Crippen molar-refractivity contribution in [3.05, 3.63) is 94.4 Å². The number of epoxide rings is 1. The number of esters is 2. The Morgan fingerprint density at radius 2 is 1.71 bits per heavy atom. The number of aliphatic hydroxyl groups is 1. The van der Waals surface area contributed by atoms with Gasteiger partial charge in [0, 0.05) is 36.2 Å². The zero-order chi connectivity index (χ0) is 33.2. The number of hydrogen-bond acceptors (Lipinski definition) is 6. The van der Waals surface area contributed by atoms with E-state index >= 15 is 0 Å². The number of rotatable bonds is 7. The monoisotopic (exact) mass is 612 g/mol. The van der Waals surface area contributed by atoms with Crippen LogP contribution in [0.15, 0.2) is 94.4 Å². The molecule has 240 valence electrons. The summed E-state index contributed by atoms with van der Waals surface area (Å²) in [5, 5.41) is 10.3. The fraction of sp³-hybridized carbons (Fsp3) is 0.487. The zero-order valence-corrected chi connectivity index (χ0v) is 28.2. The van der Waals surface area contributed by atoms with E-state index in [4.69, 9.17) is 14.2 Å². The van der Waals surface area contributed by atoms with E-state index in [-0.39, 0.29) is 35.0 Å². The third-order valence-electron chi connectivity index (χ3n) is 9.25. The van der Waals surface area contributed by atoms with Crippen LogP contribution < -0.4 is 0 Å². The first-order valence-electron chi connectivity index (χ1n) is 15.8. The molecular formula is C39H48O6. The molecule has 2 aliphatic heterocycles. The molecule has 0 spiro atoms. The first-order valence-corrected chi connectivity index (χ1v) is 15.8. The summed E-state index contributed by atoms with van der Waals surface area (Å²) in [7, 11) is 0. The van der Waals surface area contributed by atoms with Gasteiger partial charge in [-0.15, -0.1) is 0 Å². The summed E-state index contributed by atoms with van der Waals surface area (Å²) in [6, 6.07) is 0. The molecule has 4 atom stereocenters. The van der Waals surface area contributed by atoms with Crippen molar-refractivity contribution in [2.24, 2.45) is 10.8 Å². The molecule has 4 aliphatic rings. The first-order chi connectivity index (χ1) is 21.0. The van der Waals surface area contributed by atoms with E-state index < -0.39 is 11.2 Å². The molecule has 0 radical (unpaired) electrons. The molecule has 2 fully saturated rings. The largest absolute Gasteiger partial charge is 0.462 e. The Morgan fingerprint density at radius 3 is 2.36 bits per heavy atom. The van der Waals surface area contributed by atoms with Gasteiger partial charge < -0.3 is 19.3 Å². The van der Waals surface area contributed by atoms with Crippen molar-refractivity contribution < 1.29 is 28.9 Å². The van der Waals surface area contributed by atoms with Gasteiger partial charge in [-0.3, -0.25) is 4.79 Å². The predicted molar refractivity (Wildman–Crippen MR) is 177 cm³/mol. The number of fused-ring (bicyclic) bond motifs is 1. The Morgan fingerprint density at radius 1 is 1.02 bits per heavy atom. The molecule has 0 aromatic heterocycles. The molecule has 0 unspecified atom stereocenters. The lowest BCUT2D eigenvalue weighted by Crippen LogP contribution is -2.46. The number of hydrogen-bond donors (Lipinski definition) is 1. The van der Waals surface area contributed by atoms with Crippen molar-refractivity contribution in [2.45, 2.75) is 111 Å². The Labute approximate surface area is 269 Å². The van der Waals surface area contributed by atoms with Crippen molar-refractivity contribution in [3.8, 4) is 11.8 Å². The van der Waals surface area contributed by atoms with Gasteiger partial charge in [0.2, 0.25) is 0 Å². The molecule has 0 aromatic rings. The topological polar surface area (TPSA) is 85.4 Å². The van der Waals surface area contributed by atoms with Crippen LogP contribution in [0.3, 0.4) is 0 Å². The standard InChI is InChI=1S/C39H48O6/c1-26(16-17-34-28(3)21-33(43-29(4)40)25-36(34,5)6)14-12-10-11-13-15-27(2)20-32-22-30(35(42)44-32)18-19-39-37(7,8)23-31(41)24-38(39,9)45-39/h10-15,18-20,22,31,33,41H,21,23-25H2,1-9H3/b12-10+,13-11+,19-18+,26-14+,27-15+,32-20+/t31-,33+,38+,39-/m0/s1. The summed E-state index contributed by atoms with van der Waals surface area (Å²) in [6.07, 6.45) is 21.3. The molecule has 2 heterocycles. The van der Waals surface area contributed by atoms with Crippen LogP contribution in [-0.2, 0) is 23.8 Å². The number of allylic oxidation sites excluding steroid dienone is 11. The van der Waals surface area contributed by atoms with E-state index in [0.717, 1.165) is 29.6 Å². The third kappa shape index (κ3) is 7.77. The van der Waals surface area contributed by atoms with E-state index in [9.17, 15) is 14.7 Å². The van der Waals surface area contributed by atoms with Gasteiger partial charge >= 0.3 is 11.9 Å². The van der Waals surface area contributed by atoms with Crippen LogP contribution in [0.1, 0.15) is 88.0 Å². The molecule has 45 heavy (non-hydrogen) atoms. The van der Waals surface area contributed by atoms with Gasteiger partial charge in [0.15, 0.2) is 0 Å². The van der Waals surface area contributed by atoms with Gasteiger partial charge in [-0.05, 0) is 76.0 Å². The minimum absolute atomic E-state index is 0.0897. The van der Waals surface area contributed by atoms with Crippen LogP contribution in [0.5, 0.6) is 0 Å². The molecule has 0 amide bonds. The molecule has 0 aromatic carbocycles. The number of carbonyl (C=O) groups is 2. The van der Waals surface area contributed by atoms with Gasteiger partial charge in [-0.2, -0.15) is 0 Å². The molecule has 1 saturated heterocycles. The van der Waals surface area contributed by atoms with E-state index in [1.165, 1.54) is 12.5 Å². The highest BCUT2D eigenvalue weighted by atomic mass is 16.6. The van der Waals surface area contributed by atoms with E-state index in [2.05, 4.69) is 46.5 Å². The molecule has 4 rings (SSSR count). The summed E-state index contributed by atoms with van der Waals surface area (Å²) in [6.45, 7) is 18.0. The quantitative estimate of drug-likeness (QED) is 0.137. The second-order valence-corrected chi connectivity index (χ2v) is 14.3. The summed E-state index contributed by atoms with van der Waals surface area (Å²) >= 11 is 0. The van der Waals surface area contributed by atoms with Crippen molar-refractivity contribution >= 4 is 11.9 Å². The number of cyclic esters (lactones) is 1. The average Bonchev–Trinajstić information content (AvgIpc) is 3.37. The Balaban J connectivity index is 1.33. The van der Waals surface area contributed by atoms with Crippen molar-refractivity contribution in [1.82, 2.24) is 0 Å². The fourth-order valence-electron chi connectivity index (χ4n) is 7.25. The zero-order valence-electron chi connectivity index (χ0n) is 28.2. The summed E-state index contributed by atoms with van der Waals surface area (Å²) in [5.74, 6) is 6.52. The number of carbonyl (C=O) groups excluding carboxylic acids is 2. The van der Waals surface area contributed by atoms with E-state index in [1.54, 1.807) is 12.2 Å². The third-order valence-corrected chi connectivity index (χ3v) is 9.25. The van der Waals surface area contributed by atoms with Gasteiger partial charge in [0.05, 0.1) is 11.7 Å². The van der Waals surface area contributed by atoms with Crippen LogP contribution in [0.2, 0.25) is 0 Å². The van der Waals surface area contributed by atoms with Gasteiger partial charge in [-0.25, -0.2) is 4.79 Å². The van der Waals surface area contributed by atoms with Gasteiger partial charge in [0.1, 0.15) is 23.1 Å². The van der Waals surface area contributed by atoms with E-state index in [0.29, 0.717) is 24.2 Å².